The summed E-state index contributed by atoms with van der Waals surface area (Å²) in [5, 5.41) is 3.90. The van der Waals surface area contributed by atoms with Crippen LogP contribution in [0.15, 0.2) is 11.0 Å². The van der Waals surface area contributed by atoms with Gasteiger partial charge in [0, 0.05) is 24.7 Å². The van der Waals surface area contributed by atoms with Crippen LogP contribution in [0.1, 0.15) is 24.0 Å². The van der Waals surface area contributed by atoms with Crippen LogP contribution in [0.4, 0.5) is 0 Å². The Morgan fingerprint density at radius 2 is 2.00 bits per heavy atom. The molecule has 0 aromatic heterocycles. The van der Waals surface area contributed by atoms with Crippen LogP contribution in [-0.2, 0) is 10.0 Å². The third kappa shape index (κ3) is 3.22. The minimum absolute atomic E-state index is 0.0569. The minimum atomic E-state index is -3.67. The van der Waals surface area contributed by atoms with E-state index in [9.17, 15) is 8.42 Å². The number of aryl methyl sites for hydroxylation is 1. The third-order valence-electron chi connectivity index (χ3n) is 4.01. The molecule has 0 aliphatic carbocycles. The van der Waals surface area contributed by atoms with E-state index in [4.69, 9.17) is 23.2 Å². The molecule has 0 bridgehead atoms. The van der Waals surface area contributed by atoms with E-state index in [1.54, 1.807) is 27.0 Å². The molecule has 1 aliphatic rings. The van der Waals surface area contributed by atoms with Gasteiger partial charge >= 0.3 is 0 Å². The lowest BCUT2D eigenvalue weighted by Crippen LogP contribution is -2.46. The fraction of sp³-hybridized carbons (Fsp3) is 0.571. The molecule has 1 saturated heterocycles. The Bertz CT molecular complexity index is 615. The van der Waals surface area contributed by atoms with Crippen LogP contribution in [0.3, 0.4) is 0 Å². The Morgan fingerprint density at radius 1 is 1.33 bits per heavy atom. The molecule has 1 atom stereocenters. The summed E-state index contributed by atoms with van der Waals surface area (Å²) in [7, 11) is -2.06. The maximum Gasteiger partial charge on any atom is 0.244 e. The van der Waals surface area contributed by atoms with Gasteiger partial charge in [-0.15, -0.1) is 0 Å². The van der Waals surface area contributed by atoms with Crippen molar-refractivity contribution in [3.8, 4) is 0 Å². The van der Waals surface area contributed by atoms with Gasteiger partial charge in [-0.2, -0.15) is 4.31 Å². The molecule has 1 N–H and O–H groups in total. The number of rotatable bonds is 3. The normalized spacial score (nSPS) is 20.0. The molecule has 1 aromatic carbocycles. The van der Waals surface area contributed by atoms with E-state index >= 15 is 0 Å². The molecule has 4 nitrogen and oxygen atoms in total. The van der Waals surface area contributed by atoms with Crippen molar-refractivity contribution in [2.75, 3.05) is 20.1 Å². The lowest BCUT2D eigenvalue weighted by atomic mass is 10.1. The first-order valence-corrected chi connectivity index (χ1v) is 9.10. The highest BCUT2D eigenvalue weighted by Gasteiger charge is 2.32. The largest absolute Gasteiger partial charge is 0.315 e. The molecule has 1 heterocycles. The van der Waals surface area contributed by atoms with E-state index in [1.165, 1.54) is 4.31 Å². The number of sulfonamides is 1. The maximum atomic E-state index is 12.9. The van der Waals surface area contributed by atoms with Crippen molar-refractivity contribution in [1.29, 1.82) is 0 Å². The molecule has 1 unspecified atom stereocenters. The number of nitrogens with zero attached hydrogens (tertiary/aromatic N) is 1. The summed E-state index contributed by atoms with van der Waals surface area (Å²) in [6.45, 7) is 5.04. The molecule has 1 fully saturated rings. The second kappa shape index (κ2) is 6.42. The molecule has 1 aliphatic heterocycles. The molecule has 1 aromatic rings. The zero-order chi connectivity index (χ0) is 15.8. The van der Waals surface area contributed by atoms with Gasteiger partial charge in [0.2, 0.25) is 10.0 Å². The SMILES string of the molecule is Cc1cc(Cl)c(C)c(S(=O)(=O)N(C)C2CCCNC2)c1Cl. The number of hydrogen-bond donors (Lipinski definition) is 1. The molecule has 7 heteroatoms. The van der Waals surface area contributed by atoms with Crippen LogP contribution in [-0.4, -0.2) is 38.9 Å². The highest BCUT2D eigenvalue weighted by atomic mass is 35.5. The summed E-state index contributed by atoms with van der Waals surface area (Å²) in [4.78, 5) is 0.127. The molecule has 0 saturated carbocycles. The van der Waals surface area contributed by atoms with Crippen molar-refractivity contribution >= 4 is 33.2 Å². The lowest BCUT2D eigenvalue weighted by molar-refractivity contribution is 0.300. The van der Waals surface area contributed by atoms with E-state index in [0.717, 1.165) is 19.4 Å². The number of halogens is 2. The van der Waals surface area contributed by atoms with E-state index in [2.05, 4.69) is 5.32 Å². The number of piperidine rings is 1. The molecule has 118 valence electrons. The Balaban J connectivity index is 2.49. The second-order valence-electron chi connectivity index (χ2n) is 5.46. The van der Waals surface area contributed by atoms with Crippen LogP contribution in [0, 0.1) is 13.8 Å². The maximum absolute atomic E-state index is 12.9. The van der Waals surface area contributed by atoms with Crippen molar-refractivity contribution < 1.29 is 8.42 Å². The summed E-state index contributed by atoms with van der Waals surface area (Å²) < 4.78 is 27.3. The lowest BCUT2D eigenvalue weighted by Gasteiger charge is -2.31. The molecule has 0 radical (unpaired) electrons. The summed E-state index contributed by atoms with van der Waals surface area (Å²) in [6.07, 6.45) is 1.81. The van der Waals surface area contributed by atoms with E-state index in [-0.39, 0.29) is 16.0 Å². The first-order chi connectivity index (χ1) is 9.76. The third-order valence-corrected chi connectivity index (χ3v) is 7.08. The van der Waals surface area contributed by atoms with Crippen LogP contribution in [0.25, 0.3) is 0 Å². The van der Waals surface area contributed by atoms with Crippen molar-refractivity contribution in [2.24, 2.45) is 0 Å². The summed E-state index contributed by atoms with van der Waals surface area (Å²) >= 11 is 12.4. The summed E-state index contributed by atoms with van der Waals surface area (Å²) in [5.41, 5.74) is 1.17. The summed E-state index contributed by atoms with van der Waals surface area (Å²) in [5.74, 6) is 0. The topological polar surface area (TPSA) is 49.4 Å². The fourth-order valence-corrected chi connectivity index (χ4v) is 5.15. The predicted octanol–water partition coefficient (Wildman–Crippen LogP) is 2.98. The minimum Gasteiger partial charge on any atom is -0.315 e. The van der Waals surface area contributed by atoms with Crippen molar-refractivity contribution in [2.45, 2.75) is 37.6 Å². The van der Waals surface area contributed by atoms with Gasteiger partial charge in [-0.05, 0) is 50.4 Å². The Morgan fingerprint density at radius 3 is 2.57 bits per heavy atom. The first-order valence-electron chi connectivity index (χ1n) is 6.90. The van der Waals surface area contributed by atoms with Gasteiger partial charge in [-0.3, -0.25) is 0 Å². The summed E-state index contributed by atoms with van der Waals surface area (Å²) in [6, 6.07) is 1.64. The van der Waals surface area contributed by atoms with Crippen molar-refractivity contribution in [3.63, 3.8) is 0 Å². The standard InChI is InChI=1S/C14H20Cl2N2O2S/c1-9-7-12(15)10(2)14(13(9)16)21(19,20)18(3)11-5-4-6-17-8-11/h7,11,17H,4-6,8H2,1-3H3. The van der Waals surface area contributed by atoms with Crippen LogP contribution in [0.2, 0.25) is 10.0 Å². The molecular formula is C14H20Cl2N2O2S. The van der Waals surface area contributed by atoms with Gasteiger partial charge in [0.25, 0.3) is 0 Å². The monoisotopic (exact) mass is 350 g/mol. The number of benzene rings is 1. The number of likely N-dealkylation sites (N-methyl/N-ethyl adjacent to an activating group) is 1. The van der Waals surface area contributed by atoms with Crippen LogP contribution in [0.5, 0.6) is 0 Å². The van der Waals surface area contributed by atoms with Gasteiger partial charge in [-0.1, -0.05) is 23.2 Å². The number of hydrogen-bond acceptors (Lipinski definition) is 3. The molecular weight excluding hydrogens is 331 g/mol. The van der Waals surface area contributed by atoms with Gasteiger partial charge in [0.05, 0.1) is 5.02 Å². The van der Waals surface area contributed by atoms with Crippen molar-refractivity contribution in [1.82, 2.24) is 9.62 Å². The number of nitrogens with one attached hydrogen (secondary N) is 1. The van der Waals surface area contributed by atoms with E-state index in [0.29, 0.717) is 22.7 Å². The Kier molecular flexibility index (Phi) is 5.21. The second-order valence-corrected chi connectivity index (χ2v) is 8.18. The van der Waals surface area contributed by atoms with Gasteiger partial charge in [-0.25, -0.2) is 8.42 Å². The van der Waals surface area contributed by atoms with E-state index in [1.807, 2.05) is 0 Å². The highest BCUT2D eigenvalue weighted by Crippen LogP contribution is 2.35. The van der Waals surface area contributed by atoms with Crippen molar-refractivity contribution in [3.05, 3.63) is 27.2 Å². The molecule has 0 amide bonds. The zero-order valence-corrected chi connectivity index (χ0v) is 14.7. The van der Waals surface area contributed by atoms with Crippen LogP contribution < -0.4 is 5.32 Å². The fourth-order valence-electron chi connectivity index (χ4n) is 2.60. The van der Waals surface area contributed by atoms with Gasteiger partial charge in [0.15, 0.2) is 0 Å². The smallest absolute Gasteiger partial charge is 0.244 e. The Hall–Kier alpha value is -0.330. The quantitative estimate of drug-likeness (QED) is 0.911. The molecule has 2 rings (SSSR count). The van der Waals surface area contributed by atoms with Crippen LogP contribution >= 0.6 is 23.2 Å². The molecule has 0 spiro atoms. The van der Waals surface area contributed by atoms with Gasteiger partial charge in [0.1, 0.15) is 4.90 Å². The first kappa shape index (κ1) is 17.0. The average Bonchev–Trinajstić information content (AvgIpc) is 2.45. The zero-order valence-electron chi connectivity index (χ0n) is 12.4. The Labute approximate surface area is 136 Å². The highest BCUT2D eigenvalue weighted by molar-refractivity contribution is 7.89. The van der Waals surface area contributed by atoms with Gasteiger partial charge < -0.3 is 5.32 Å². The van der Waals surface area contributed by atoms with E-state index < -0.39 is 10.0 Å². The predicted molar refractivity (Wildman–Crippen MR) is 86.8 cm³/mol. The molecule has 21 heavy (non-hydrogen) atoms. The average molecular weight is 351 g/mol.